The van der Waals surface area contributed by atoms with Gasteiger partial charge in [-0.15, -0.1) is 0 Å². The summed E-state index contributed by atoms with van der Waals surface area (Å²) in [6.07, 6.45) is 1.74. The summed E-state index contributed by atoms with van der Waals surface area (Å²) in [5.74, 6) is -1.24. The van der Waals surface area contributed by atoms with E-state index in [9.17, 15) is 9.18 Å². The third-order valence-corrected chi connectivity index (χ3v) is 3.41. The number of halogens is 1. The fourth-order valence-corrected chi connectivity index (χ4v) is 2.21. The molecule has 0 N–H and O–H groups in total. The second-order valence-corrected chi connectivity index (χ2v) is 4.80. The number of nitrogens with zero attached hydrogens (tertiary/aromatic N) is 2. The van der Waals surface area contributed by atoms with Crippen molar-refractivity contribution in [2.75, 3.05) is 7.11 Å². The van der Waals surface area contributed by atoms with Crippen LogP contribution in [0.15, 0.2) is 24.3 Å². The van der Waals surface area contributed by atoms with Gasteiger partial charge >= 0.3 is 5.97 Å². The summed E-state index contributed by atoms with van der Waals surface area (Å²) in [5, 5.41) is 4.50. The fraction of sp³-hybridized carbons (Fsp3) is 0.375. The van der Waals surface area contributed by atoms with Gasteiger partial charge in [-0.05, 0) is 36.6 Å². The molecule has 5 heteroatoms. The molecule has 112 valence electrons. The first-order chi connectivity index (χ1) is 10.1. The van der Waals surface area contributed by atoms with Crippen LogP contribution < -0.4 is 0 Å². The Kier molecular flexibility index (Phi) is 4.73. The average Bonchev–Trinajstić information content (AvgIpc) is 2.88. The van der Waals surface area contributed by atoms with Gasteiger partial charge in [-0.25, -0.2) is 9.18 Å². The van der Waals surface area contributed by atoms with Gasteiger partial charge in [0.15, 0.2) is 0 Å². The number of benzene rings is 1. The molecule has 1 heterocycles. The van der Waals surface area contributed by atoms with Gasteiger partial charge in [0, 0.05) is 5.69 Å². The van der Waals surface area contributed by atoms with Crippen molar-refractivity contribution in [1.29, 1.82) is 0 Å². The minimum atomic E-state index is -0.666. The number of ether oxygens (including phenoxy) is 1. The normalized spacial score (nSPS) is 10.7. The van der Waals surface area contributed by atoms with Gasteiger partial charge in [0.25, 0.3) is 0 Å². The fourth-order valence-electron chi connectivity index (χ4n) is 2.21. The van der Waals surface area contributed by atoms with Crippen molar-refractivity contribution < 1.29 is 13.9 Å². The number of methoxy groups -OCH3 is 1. The van der Waals surface area contributed by atoms with Crippen LogP contribution in [0.4, 0.5) is 4.39 Å². The summed E-state index contributed by atoms with van der Waals surface area (Å²) < 4.78 is 20.3. The van der Waals surface area contributed by atoms with Crippen molar-refractivity contribution in [3.63, 3.8) is 0 Å². The highest BCUT2D eigenvalue weighted by molar-refractivity contribution is 5.89. The predicted molar refractivity (Wildman–Crippen MR) is 77.8 cm³/mol. The highest BCUT2D eigenvalue weighted by Gasteiger charge is 2.13. The van der Waals surface area contributed by atoms with Crippen LogP contribution in [-0.4, -0.2) is 22.9 Å². The maximum Gasteiger partial charge on any atom is 0.340 e. The monoisotopic (exact) mass is 290 g/mol. The Morgan fingerprint density at radius 3 is 2.62 bits per heavy atom. The summed E-state index contributed by atoms with van der Waals surface area (Å²) in [5.41, 5.74) is 2.86. The molecule has 4 nitrogen and oxygen atoms in total. The van der Waals surface area contributed by atoms with E-state index in [-0.39, 0.29) is 5.56 Å². The first-order valence-corrected chi connectivity index (χ1v) is 7.01. The van der Waals surface area contributed by atoms with Gasteiger partial charge in [0.2, 0.25) is 0 Å². The Balaban J connectivity index is 2.26. The largest absolute Gasteiger partial charge is 0.465 e. The molecule has 0 aliphatic heterocycles. The molecule has 0 amide bonds. The molecule has 0 saturated carbocycles. The lowest BCUT2D eigenvalue weighted by Crippen LogP contribution is -2.08. The van der Waals surface area contributed by atoms with E-state index in [0.29, 0.717) is 6.54 Å². The van der Waals surface area contributed by atoms with E-state index >= 15 is 0 Å². The van der Waals surface area contributed by atoms with Gasteiger partial charge in [0.05, 0.1) is 24.9 Å². The van der Waals surface area contributed by atoms with E-state index < -0.39 is 11.8 Å². The molecule has 2 rings (SSSR count). The van der Waals surface area contributed by atoms with Crippen LogP contribution in [0.2, 0.25) is 0 Å². The molecule has 1 aromatic carbocycles. The van der Waals surface area contributed by atoms with E-state index in [1.165, 1.54) is 19.2 Å². The molecule has 0 radical (unpaired) electrons. The van der Waals surface area contributed by atoms with Crippen molar-refractivity contribution in [2.24, 2.45) is 0 Å². The molecule has 0 fully saturated rings. The lowest BCUT2D eigenvalue weighted by atomic mass is 10.1. The highest BCUT2D eigenvalue weighted by atomic mass is 19.1. The Labute approximate surface area is 123 Å². The first-order valence-electron chi connectivity index (χ1n) is 7.01. The van der Waals surface area contributed by atoms with E-state index in [4.69, 9.17) is 0 Å². The highest BCUT2D eigenvalue weighted by Crippen LogP contribution is 2.14. The Bertz CT molecular complexity index is 650. The molecule has 0 aliphatic rings. The molecular weight excluding hydrogens is 271 g/mol. The molecule has 1 aromatic heterocycles. The molecule has 0 unspecified atom stereocenters. The van der Waals surface area contributed by atoms with Gasteiger partial charge in [-0.3, -0.25) is 4.68 Å². The van der Waals surface area contributed by atoms with Crippen molar-refractivity contribution in [1.82, 2.24) is 9.78 Å². The molecule has 21 heavy (non-hydrogen) atoms. The van der Waals surface area contributed by atoms with Crippen LogP contribution in [0, 0.1) is 5.82 Å². The van der Waals surface area contributed by atoms with E-state index in [1.54, 1.807) is 6.07 Å². The van der Waals surface area contributed by atoms with Crippen molar-refractivity contribution in [2.45, 2.75) is 33.2 Å². The number of hydrogen-bond acceptors (Lipinski definition) is 3. The van der Waals surface area contributed by atoms with Gasteiger partial charge in [-0.2, -0.15) is 5.10 Å². The first kappa shape index (κ1) is 15.2. The molecule has 0 spiro atoms. The smallest absolute Gasteiger partial charge is 0.340 e. The lowest BCUT2D eigenvalue weighted by Gasteiger charge is -2.08. The standard InChI is InChI=1S/C16H19FN2O2/c1-4-12-9-13(5-2)19(18-12)10-11-6-7-14(15(17)8-11)16(20)21-3/h6-9H,4-5,10H2,1-3H3. The lowest BCUT2D eigenvalue weighted by molar-refractivity contribution is 0.0595. The SMILES string of the molecule is CCc1cc(CC)n(Cc2ccc(C(=O)OC)c(F)c2)n1. The van der Waals surface area contributed by atoms with Gasteiger partial charge in [-0.1, -0.05) is 19.9 Å². The van der Waals surface area contributed by atoms with E-state index in [0.717, 1.165) is 29.8 Å². The molecule has 2 aromatic rings. The maximum absolute atomic E-state index is 13.9. The van der Waals surface area contributed by atoms with Gasteiger partial charge in [0.1, 0.15) is 5.82 Å². The predicted octanol–water partition coefficient (Wildman–Crippen LogP) is 2.98. The zero-order valence-electron chi connectivity index (χ0n) is 12.5. The van der Waals surface area contributed by atoms with Crippen LogP contribution in [0.5, 0.6) is 0 Å². The Morgan fingerprint density at radius 2 is 2.05 bits per heavy atom. The molecule has 0 aliphatic carbocycles. The van der Waals surface area contributed by atoms with E-state index in [2.05, 4.69) is 29.7 Å². The number of hydrogen-bond donors (Lipinski definition) is 0. The number of aryl methyl sites for hydroxylation is 2. The second-order valence-electron chi connectivity index (χ2n) is 4.80. The minimum Gasteiger partial charge on any atom is -0.465 e. The summed E-state index contributed by atoms with van der Waals surface area (Å²) in [6.45, 7) is 4.60. The zero-order valence-corrected chi connectivity index (χ0v) is 12.5. The maximum atomic E-state index is 13.9. The minimum absolute atomic E-state index is 0.0494. The Hall–Kier alpha value is -2.17. The summed E-state index contributed by atoms with van der Waals surface area (Å²) in [4.78, 5) is 11.4. The third-order valence-electron chi connectivity index (χ3n) is 3.41. The van der Waals surface area contributed by atoms with Crippen molar-refractivity contribution in [3.05, 3.63) is 52.6 Å². The zero-order chi connectivity index (χ0) is 15.4. The topological polar surface area (TPSA) is 44.1 Å². The number of carbonyl (C=O) groups excluding carboxylic acids is 1. The van der Waals surface area contributed by atoms with Crippen molar-refractivity contribution in [3.8, 4) is 0 Å². The quantitative estimate of drug-likeness (QED) is 0.795. The average molecular weight is 290 g/mol. The second kappa shape index (κ2) is 6.52. The van der Waals surface area contributed by atoms with Crippen LogP contribution in [0.3, 0.4) is 0 Å². The number of carbonyl (C=O) groups is 1. The summed E-state index contributed by atoms with van der Waals surface area (Å²) >= 11 is 0. The Morgan fingerprint density at radius 1 is 1.29 bits per heavy atom. The molecular formula is C16H19FN2O2. The van der Waals surface area contributed by atoms with Crippen molar-refractivity contribution >= 4 is 5.97 Å². The number of esters is 1. The third kappa shape index (κ3) is 3.29. The van der Waals surface area contributed by atoms with Crippen LogP contribution in [0.1, 0.15) is 41.2 Å². The number of aromatic nitrogens is 2. The van der Waals surface area contributed by atoms with Crippen LogP contribution in [-0.2, 0) is 24.1 Å². The number of rotatable bonds is 5. The van der Waals surface area contributed by atoms with E-state index in [1.807, 2.05) is 4.68 Å². The van der Waals surface area contributed by atoms with Gasteiger partial charge < -0.3 is 4.74 Å². The molecule has 0 atom stereocenters. The van der Waals surface area contributed by atoms with Crippen LogP contribution >= 0.6 is 0 Å². The van der Waals surface area contributed by atoms with Crippen LogP contribution in [0.25, 0.3) is 0 Å². The summed E-state index contributed by atoms with van der Waals surface area (Å²) in [7, 11) is 1.24. The molecule has 0 saturated heterocycles. The molecule has 0 bridgehead atoms. The summed E-state index contributed by atoms with van der Waals surface area (Å²) in [6, 6.07) is 6.60.